The molecule has 7 nitrogen and oxygen atoms in total. The highest BCUT2D eigenvalue weighted by Gasteiger charge is 2.35. The number of primary amides is 1. The van der Waals surface area contributed by atoms with Crippen molar-refractivity contribution < 1.29 is 19.1 Å². The number of carbonyl (C=O) groups excluding carboxylic acids is 3. The third-order valence-electron chi connectivity index (χ3n) is 3.43. The van der Waals surface area contributed by atoms with Gasteiger partial charge in [-0.2, -0.15) is 0 Å². The van der Waals surface area contributed by atoms with Crippen LogP contribution < -0.4 is 11.1 Å². The zero-order valence-corrected chi connectivity index (χ0v) is 12.2. The highest BCUT2D eigenvalue weighted by atomic mass is 16.6. The molecule has 1 fully saturated rings. The van der Waals surface area contributed by atoms with Gasteiger partial charge in [-0.3, -0.25) is 14.5 Å². The molecule has 0 radical (unpaired) electrons. The van der Waals surface area contributed by atoms with Crippen molar-refractivity contribution in [3.05, 3.63) is 35.9 Å². The van der Waals surface area contributed by atoms with E-state index in [-0.39, 0.29) is 19.1 Å². The first-order valence-electron chi connectivity index (χ1n) is 7.11. The molecule has 1 aliphatic heterocycles. The molecule has 0 saturated carbocycles. The van der Waals surface area contributed by atoms with Gasteiger partial charge in [0, 0.05) is 6.54 Å². The summed E-state index contributed by atoms with van der Waals surface area (Å²) in [6.45, 7) is 0.385. The molecular formula is C15H19N3O4. The van der Waals surface area contributed by atoms with Crippen LogP contribution in [0.25, 0.3) is 0 Å². The van der Waals surface area contributed by atoms with Gasteiger partial charge >= 0.3 is 6.09 Å². The maximum absolute atomic E-state index is 12.1. The molecule has 1 aliphatic rings. The van der Waals surface area contributed by atoms with E-state index < -0.39 is 18.0 Å². The van der Waals surface area contributed by atoms with Crippen molar-refractivity contribution >= 4 is 17.9 Å². The van der Waals surface area contributed by atoms with E-state index in [9.17, 15) is 14.4 Å². The quantitative estimate of drug-likeness (QED) is 0.821. The van der Waals surface area contributed by atoms with E-state index in [2.05, 4.69) is 5.32 Å². The Bertz CT molecular complexity index is 547. The Labute approximate surface area is 128 Å². The highest BCUT2D eigenvalue weighted by Crippen LogP contribution is 2.19. The lowest BCUT2D eigenvalue weighted by atomic mass is 10.2. The van der Waals surface area contributed by atoms with Gasteiger partial charge < -0.3 is 15.8 Å². The summed E-state index contributed by atoms with van der Waals surface area (Å²) in [5.41, 5.74) is 5.87. The first-order chi connectivity index (χ1) is 10.6. The van der Waals surface area contributed by atoms with Crippen molar-refractivity contribution in [3.8, 4) is 0 Å². The molecule has 7 heteroatoms. The molecule has 0 aliphatic carbocycles. The van der Waals surface area contributed by atoms with Crippen molar-refractivity contribution in [2.75, 3.05) is 13.1 Å². The summed E-state index contributed by atoms with van der Waals surface area (Å²) in [5.74, 6) is -1.00. The van der Waals surface area contributed by atoms with Crippen molar-refractivity contribution in [2.45, 2.75) is 25.5 Å². The van der Waals surface area contributed by atoms with Gasteiger partial charge in [0.2, 0.25) is 11.8 Å². The monoisotopic (exact) mass is 305 g/mol. The molecule has 1 heterocycles. The topological polar surface area (TPSA) is 102 Å². The summed E-state index contributed by atoms with van der Waals surface area (Å²) in [6.07, 6.45) is 0.737. The summed E-state index contributed by atoms with van der Waals surface area (Å²) in [7, 11) is 0. The Morgan fingerprint density at radius 2 is 2.00 bits per heavy atom. The van der Waals surface area contributed by atoms with Crippen LogP contribution in [-0.2, 0) is 20.9 Å². The number of likely N-dealkylation sites (tertiary alicyclic amines) is 1. The summed E-state index contributed by atoms with van der Waals surface area (Å²) in [4.78, 5) is 36.2. The van der Waals surface area contributed by atoms with Crippen molar-refractivity contribution in [1.29, 1.82) is 0 Å². The molecule has 22 heavy (non-hydrogen) atoms. The average molecular weight is 305 g/mol. The normalized spacial score (nSPS) is 17.1. The number of amides is 3. The molecule has 1 atom stereocenters. The number of carbonyl (C=O) groups is 3. The standard InChI is InChI=1S/C15H19N3O4/c16-13(19)9-17-14(20)12-7-4-8-18(12)15(21)22-10-11-5-2-1-3-6-11/h1-3,5-6,12H,4,7-10H2,(H2,16,19)(H,17,20)/t12-/m0/s1. The van der Waals surface area contributed by atoms with Crippen molar-refractivity contribution in [1.82, 2.24) is 10.2 Å². The first-order valence-corrected chi connectivity index (χ1v) is 7.11. The largest absolute Gasteiger partial charge is 0.445 e. The molecule has 118 valence electrons. The van der Waals surface area contributed by atoms with Crippen LogP contribution in [-0.4, -0.2) is 41.9 Å². The van der Waals surface area contributed by atoms with Crippen LogP contribution in [0.1, 0.15) is 18.4 Å². The molecule has 0 bridgehead atoms. The van der Waals surface area contributed by atoms with Crippen molar-refractivity contribution in [3.63, 3.8) is 0 Å². The third kappa shape index (κ3) is 4.21. The summed E-state index contributed by atoms with van der Waals surface area (Å²) in [6, 6.07) is 8.70. The van der Waals surface area contributed by atoms with Gasteiger partial charge in [-0.25, -0.2) is 4.79 Å². The Hall–Kier alpha value is -2.57. The predicted octanol–water partition coefficient (Wildman–Crippen LogP) is 0.389. The van der Waals surface area contributed by atoms with Crippen LogP contribution in [0.5, 0.6) is 0 Å². The molecule has 0 spiro atoms. The summed E-state index contributed by atoms with van der Waals surface area (Å²) < 4.78 is 5.23. The minimum Gasteiger partial charge on any atom is -0.445 e. The SMILES string of the molecule is NC(=O)CNC(=O)[C@@H]1CCCN1C(=O)OCc1ccccc1. The van der Waals surface area contributed by atoms with Crippen LogP contribution in [0.4, 0.5) is 4.79 Å². The number of nitrogens with one attached hydrogen (secondary N) is 1. The number of nitrogens with two attached hydrogens (primary N) is 1. The molecule has 3 amide bonds. The number of hydrogen-bond donors (Lipinski definition) is 2. The van der Waals surface area contributed by atoms with Gasteiger partial charge in [-0.05, 0) is 18.4 Å². The minimum absolute atomic E-state index is 0.159. The molecule has 2 rings (SSSR count). The number of ether oxygens (including phenoxy) is 1. The molecular weight excluding hydrogens is 286 g/mol. The van der Waals surface area contributed by atoms with E-state index in [0.717, 1.165) is 12.0 Å². The Kier molecular flexibility index (Phi) is 5.35. The number of benzene rings is 1. The second kappa shape index (κ2) is 7.44. The van der Waals surface area contributed by atoms with E-state index in [4.69, 9.17) is 10.5 Å². The van der Waals surface area contributed by atoms with Gasteiger partial charge in [0.05, 0.1) is 6.54 Å². The first kappa shape index (κ1) is 15.8. The van der Waals surface area contributed by atoms with Crippen LogP contribution in [0.2, 0.25) is 0 Å². The van der Waals surface area contributed by atoms with Gasteiger partial charge in [-0.1, -0.05) is 30.3 Å². The van der Waals surface area contributed by atoms with Gasteiger partial charge in [0.1, 0.15) is 12.6 Å². The number of rotatable bonds is 5. The molecule has 1 aromatic carbocycles. The fraction of sp³-hybridized carbons (Fsp3) is 0.400. The Balaban J connectivity index is 1.87. The Morgan fingerprint density at radius 3 is 2.68 bits per heavy atom. The molecule has 1 saturated heterocycles. The molecule has 0 aromatic heterocycles. The number of hydrogen-bond acceptors (Lipinski definition) is 4. The second-order valence-electron chi connectivity index (χ2n) is 5.08. The maximum atomic E-state index is 12.1. The molecule has 0 unspecified atom stereocenters. The second-order valence-corrected chi connectivity index (χ2v) is 5.08. The van der Waals surface area contributed by atoms with Crippen LogP contribution in [0, 0.1) is 0 Å². The van der Waals surface area contributed by atoms with Gasteiger partial charge in [0.25, 0.3) is 0 Å². The van der Waals surface area contributed by atoms with Crippen LogP contribution >= 0.6 is 0 Å². The fourth-order valence-electron chi connectivity index (χ4n) is 2.35. The zero-order valence-electron chi connectivity index (χ0n) is 12.2. The minimum atomic E-state index is -0.621. The predicted molar refractivity (Wildman–Crippen MR) is 78.6 cm³/mol. The molecule has 1 aromatic rings. The summed E-state index contributed by atoms with van der Waals surface area (Å²) >= 11 is 0. The smallest absolute Gasteiger partial charge is 0.410 e. The van der Waals surface area contributed by atoms with Crippen LogP contribution in [0.15, 0.2) is 30.3 Å². The van der Waals surface area contributed by atoms with E-state index in [1.165, 1.54) is 4.90 Å². The van der Waals surface area contributed by atoms with Crippen molar-refractivity contribution in [2.24, 2.45) is 5.73 Å². The number of nitrogens with zero attached hydrogens (tertiary/aromatic N) is 1. The fourth-order valence-corrected chi connectivity index (χ4v) is 2.35. The van der Waals surface area contributed by atoms with E-state index in [1.807, 2.05) is 30.3 Å². The van der Waals surface area contributed by atoms with Crippen LogP contribution in [0.3, 0.4) is 0 Å². The van der Waals surface area contributed by atoms with Gasteiger partial charge in [0.15, 0.2) is 0 Å². The lowest BCUT2D eigenvalue weighted by Gasteiger charge is -2.23. The average Bonchev–Trinajstić information content (AvgIpc) is 3.01. The maximum Gasteiger partial charge on any atom is 0.410 e. The summed E-state index contributed by atoms with van der Waals surface area (Å²) in [5, 5.41) is 2.42. The third-order valence-corrected chi connectivity index (χ3v) is 3.43. The zero-order chi connectivity index (χ0) is 15.9. The highest BCUT2D eigenvalue weighted by molar-refractivity contribution is 5.89. The van der Waals surface area contributed by atoms with E-state index in [1.54, 1.807) is 0 Å². The molecule has 3 N–H and O–H groups in total. The lowest BCUT2D eigenvalue weighted by Crippen LogP contribution is -2.47. The lowest BCUT2D eigenvalue weighted by molar-refractivity contribution is -0.127. The van der Waals surface area contributed by atoms with E-state index in [0.29, 0.717) is 13.0 Å². The Morgan fingerprint density at radius 1 is 1.27 bits per heavy atom. The van der Waals surface area contributed by atoms with E-state index >= 15 is 0 Å². The van der Waals surface area contributed by atoms with Gasteiger partial charge in [-0.15, -0.1) is 0 Å².